The van der Waals surface area contributed by atoms with Crippen LogP contribution in [0.4, 0.5) is 13.2 Å². The van der Waals surface area contributed by atoms with Gasteiger partial charge in [0.15, 0.2) is 0 Å². The van der Waals surface area contributed by atoms with Crippen LogP contribution in [-0.4, -0.2) is 11.3 Å². The minimum absolute atomic E-state index is 0.147. The van der Waals surface area contributed by atoms with Crippen molar-refractivity contribution in [3.05, 3.63) is 34.2 Å². The fourth-order valence-electron chi connectivity index (χ4n) is 1.11. The Balaban J connectivity index is 2.14. The molecule has 0 bridgehead atoms. The van der Waals surface area contributed by atoms with E-state index in [0.29, 0.717) is 10.9 Å². The number of hydrogen-bond acceptors (Lipinski definition) is 4. The van der Waals surface area contributed by atoms with Gasteiger partial charge in [-0.3, -0.25) is 0 Å². The van der Waals surface area contributed by atoms with Gasteiger partial charge in [-0.05, 0) is 34.1 Å². The summed E-state index contributed by atoms with van der Waals surface area (Å²) in [4.78, 5) is 3.89. The summed E-state index contributed by atoms with van der Waals surface area (Å²) in [6, 6.07) is 3.91. The Morgan fingerprint density at radius 1 is 1.28 bits per heavy atom. The lowest BCUT2D eigenvalue weighted by Gasteiger charge is -2.11. The number of benzene rings is 1. The van der Waals surface area contributed by atoms with Crippen LogP contribution in [0.3, 0.4) is 0 Å². The maximum absolute atomic E-state index is 12.0. The second-order valence-corrected chi connectivity index (χ2v) is 4.75. The van der Waals surface area contributed by atoms with E-state index in [4.69, 9.17) is 4.74 Å². The standard InChI is InChI=1S/C10H5BrF3NO2S/c11-7-5-6(16-9-15-3-4-18-9)1-2-8(7)17-10(12,13)14/h1-5H. The van der Waals surface area contributed by atoms with Gasteiger partial charge in [-0.15, -0.1) is 13.2 Å². The molecule has 2 rings (SSSR count). The number of nitrogens with zero attached hydrogens (tertiary/aromatic N) is 1. The Bertz CT molecular complexity index is 530. The average Bonchev–Trinajstić information content (AvgIpc) is 2.73. The molecule has 0 amide bonds. The van der Waals surface area contributed by atoms with Gasteiger partial charge in [0.1, 0.15) is 11.5 Å². The van der Waals surface area contributed by atoms with Crippen LogP contribution in [0.15, 0.2) is 34.2 Å². The van der Waals surface area contributed by atoms with Crippen LogP contribution >= 0.6 is 27.3 Å². The monoisotopic (exact) mass is 339 g/mol. The summed E-state index contributed by atoms with van der Waals surface area (Å²) in [5, 5.41) is 2.14. The van der Waals surface area contributed by atoms with Gasteiger partial charge in [0, 0.05) is 11.6 Å². The number of thiazole rings is 1. The predicted molar refractivity (Wildman–Crippen MR) is 63.0 cm³/mol. The van der Waals surface area contributed by atoms with E-state index in [-0.39, 0.29) is 10.2 Å². The average molecular weight is 340 g/mol. The quantitative estimate of drug-likeness (QED) is 0.819. The fraction of sp³-hybridized carbons (Fsp3) is 0.100. The molecule has 2 aromatic rings. The highest BCUT2D eigenvalue weighted by Crippen LogP contribution is 2.34. The zero-order chi connectivity index (χ0) is 13.2. The first kappa shape index (κ1) is 13.2. The third kappa shape index (κ3) is 3.61. The minimum Gasteiger partial charge on any atom is -0.431 e. The maximum atomic E-state index is 12.0. The molecule has 0 spiro atoms. The molecule has 1 aromatic carbocycles. The van der Waals surface area contributed by atoms with Gasteiger partial charge in [0.2, 0.25) is 0 Å². The molecule has 0 saturated carbocycles. The number of rotatable bonds is 3. The van der Waals surface area contributed by atoms with Crippen LogP contribution < -0.4 is 9.47 Å². The molecule has 3 nitrogen and oxygen atoms in total. The second-order valence-electron chi connectivity index (χ2n) is 3.04. The summed E-state index contributed by atoms with van der Waals surface area (Å²) < 4.78 is 45.4. The Morgan fingerprint density at radius 3 is 2.61 bits per heavy atom. The molecule has 8 heteroatoms. The molecule has 0 saturated heterocycles. The van der Waals surface area contributed by atoms with Gasteiger partial charge in [-0.1, -0.05) is 11.3 Å². The first-order chi connectivity index (χ1) is 8.44. The van der Waals surface area contributed by atoms with E-state index in [2.05, 4.69) is 25.7 Å². The SMILES string of the molecule is FC(F)(F)Oc1ccc(Oc2nccs2)cc1Br. The first-order valence-corrected chi connectivity index (χ1v) is 6.24. The van der Waals surface area contributed by atoms with Crippen molar-refractivity contribution in [2.24, 2.45) is 0 Å². The van der Waals surface area contributed by atoms with E-state index in [1.165, 1.54) is 29.5 Å². The van der Waals surface area contributed by atoms with E-state index >= 15 is 0 Å². The molecule has 1 heterocycles. The van der Waals surface area contributed by atoms with Crippen LogP contribution in [0.1, 0.15) is 0 Å². The number of aromatic nitrogens is 1. The molecular weight excluding hydrogens is 335 g/mol. The topological polar surface area (TPSA) is 31.4 Å². The highest BCUT2D eigenvalue weighted by atomic mass is 79.9. The third-order valence-electron chi connectivity index (χ3n) is 1.74. The molecule has 0 fully saturated rings. The van der Waals surface area contributed by atoms with Gasteiger partial charge in [0.25, 0.3) is 5.19 Å². The van der Waals surface area contributed by atoms with Crippen LogP contribution in [0.2, 0.25) is 0 Å². The lowest BCUT2D eigenvalue weighted by molar-refractivity contribution is -0.274. The molecule has 0 aliphatic carbocycles. The lowest BCUT2D eigenvalue weighted by atomic mass is 10.3. The van der Waals surface area contributed by atoms with Crippen molar-refractivity contribution in [1.82, 2.24) is 4.98 Å². The predicted octanol–water partition coefficient (Wildman–Crippen LogP) is 4.60. The number of alkyl halides is 3. The number of halogens is 4. The van der Waals surface area contributed by atoms with Gasteiger partial charge >= 0.3 is 6.36 Å². The highest BCUT2D eigenvalue weighted by molar-refractivity contribution is 9.10. The van der Waals surface area contributed by atoms with E-state index in [1.54, 1.807) is 11.6 Å². The first-order valence-electron chi connectivity index (χ1n) is 4.57. The lowest BCUT2D eigenvalue weighted by Crippen LogP contribution is -2.17. The Labute approximate surface area is 112 Å². The smallest absolute Gasteiger partial charge is 0.431 e. The van der Waals surface area contributed by atoms with Crippen LogP contribution in [-0.2, 0) is 0 Å². The van der Waals surface area contributed by atoms with Crippen LogP contribution in [0.25, 0.3) is 0 Å². The summed E-state index contributed by atoms with van der Waals surface area (Å²) in [5.74, 6) is 0.0420. The molecular formula is C10H5BrF3NO2S. The summed E-state index contributed by atoms with van der Waals surface area (Å²) in [7, 11) is 0. The molecule has 0 aliphatic rings. The minimum atomic E-state index is -4.72. The second kappa shape index (κ2) is 5.15. The zero-order valence-corrected chi connectivity index (χ0v) is 11.0. The molecule has 0 atom stereocenters. The van der Waals surface area contributed by atoms with Crippen molar-refractivity contribution in [2.45, 2.75) is 6.36 Å². The number of hydrogen-bond donors (Lipinski definition) is 0. The zero-order valence-electron chi connectivity index (χ0n) is 8.57. The summed E-state index contributed by atoms with van der Waals surface area (Å²) >= 11 is 4.26. The van der Waals surface area contributed by atoms with E-state index < -0.39 is 6.36 Å². The van der Waals surface area contributed by atoms with Gasteiger partial charge in [-0.2, -0.15) is 0 Å². The van der Waals surface area contributed by atoms with Crippen molar-refractivity contribution in [2.75, 3.05) is 0 Å². The van der Waals surface area contributed by atoms with Crippen molar-refractivity contribution in [3.63, 3.8) is 0 Å². The van der Waals surface area contributed by atoms with Crippen molar-refractivity contribution in [3.8, 4) is 16.7 Å². The summed E-state index contributed by atoms with van der Waals surface area (Å²) in [6.45, 7) is 0. The van der Waals surface area contributed by atoms with E-state index in [9.17, 15) is 13.2 Å². The Hall–Kier alpha value is -1.28. The van der Waals surface area contributed by atoms with Crippen LogP contribution in [0.5, 0.6) is 16.7 Å². The van der Waals surface area contributed by atoms with Crippen molar-refractivity contribution < 1.29 is 22.6 Å². The molecule has 0 unspecified atom stereocenters. The maximum Gasteiger partial charge on any atom is 0.573 e. The highest BCUT2D eigenvalue weighted by Gasteiger charge is 2.32. The molecule has 0 N–H and O–H groups in total. The van der Waals surface area contributed by atoms with Gasteiger partial charge in [0.05, 0.1) is 4.47 Å². The van der Waals surface area contributed by atoms with Crippen molar-refractivity contribution in [1.29, 1.82) is 0 Å². The number of ether oxygens (including phenoxy) is 2. The Kier molecular flexibility index (Phi) is 3.76. The summed E-state index contributed by atoms with van der Waals surface area (Å²) in [5.41, 5.74) is 0. The van der Waals surface area contributed by atoms with E-state index in [1.807, 2.05) is 0 Å². The van der Waals surface area contributed by atoms with E-state index in [0.717, 1.165) is 0 Å². The van der Waals surface area contributed by atoms with Gasteiger partial charge in [-0.25, -0.2) is 4.98 Å². The van der Waals surface area contributed by atoms with Crippen LogP contribution in [0, 0.1) is 0 Å². The van der Waals surface area contributed by atoms with Crippen molar-refractivity contribution >= 4 is 27.3 Å². The normalized spacial score (nSPS) is 11.3. The molecule has 1 aromatic heterocycles. The van der Waals surface area contributed by atoms with Gasteiger partial charge < -0.3 is 9.47 Å². The largest absolute Gasteiger partial charge is 0.573 e. The summed E-state index contributed by atoms with van der Waals surface area (Å²) in [6.07, 6.45) is -3.16. The fourth-order valence-corrected chi connectivity index (χ4v) is 2.06. The molecule has 96 valence electrons. The molecule has 18 heavy (non-hydrogen) atoms. The molecule has 0 radical (unpaired) electrons. The molecule has 0 aliphatic heterocycles. The Morgan fingerprint density at radius 2 is 2.06 bits per heavy atom. The third-order valence-corrected chi connectivity index (χ3v) is 3.01.